The van der Waals surface area contributed by atoms with E-state index in [9.17, 15) is 0 Å². The minimum absolute atomic E-state index is 1.08. The fourth-order valence-corrected chi connectivity index (χ4v) is 4.75. The molecule has 110 valence electrons. The van der Waals surface area contributed by atoms with E-state index >= 15 is 0 Å². The summed E-state index contributed by atoms with van der Waals surface area (Å²) < 4.78 is 0. The molecule has 0 aromatic rings. The fraction of sp³-hybridized carbons (Fsp3) is 1.00. The summed E-state index contributed by atoms with van der Waals surface area (Å²) in [6, 6.07) is 0. The summed E-state index contributed by atoms with van der Waals surface area (Å²) in [4.78, 5) is 2.65. The zero-order valence-electron chi connectivity index (χ0n) is 12.6. The number of nitrogens with one attached hydrogen (secondary N) is 1. The zero-order chi connectivity index (χ0) is 12.9. The highest BCUT2D eigenvalue weighted by Gasteiger charge is 2.38. The highest BCUT2D eigenvalue weighted by Crippen LogP contribution is 2.49. The van der Waals surface area contributed by atoms with Crippen LogP contribution in [0.25, 0.3) is 0 Å². The van der Waals surface area contributed by atoms with Gasteiger partial charge in [-0.05, 0) is 95.4 Å². The Hall–Kier alpha value is -0.0800. The first-order chi connectivity index (χ1) is 9.42. The first-order valence-electron chi connectivity index (χ1n) is 8.85. The molecule has 0 radical (unpaired) electrons. The predicted molar refractivity (Wildman–Crippen MR) is 81.3 cm³/mol. The van der Waals surface area contributed by atoms with Gasteiger partial charge in [-0.15, -0.1) is 0 Å². The molecule has 3 rings (SSSR count). The van der Waals surface area contributed by atoms with E-state index in [1.807, 2.05) is 0 Å². The molecule has 3 unspecified atom stereocenters. The van der Waals surface area contributed by atoms with E-state index < -0.39 is 0 Å². The average Bonchev–Trinajstić information content (AvgIpc) is 3.06. The molecule has 0 aromatic heterocycles. The Kier molecular flexibility index (Phi) is 5.17. The molecule has 3 atom stereocenters. The lowest BCUT2D eigenvalue weighted by Gasteiger charge is -2.26. The van der Waals surface area contributed by atoms with Gasteiger partial charge in [-0.25, -0.2) is 0 Å². The number of hydrogen-bond acceptors (Lipinski definition) is 2. The van der Waals surface area contributed by atoms with Gasteiger partial charge in [0.25, 0.3) is 0 Å². The first-order valence-corrected chi connectivity index (χ1v) is 8.85. The molecule has 3 aliphatic rings. The van der Waals surface area contributed by atoms with Crippen molar-refractivity contribution in [2.45, 2.75) is 57.8 Å². The van der Waals surface area contributed by atoms with Crippen molar-refractivity contribution < 1.29 is 0 Å². The van der Waals surface area contributed by atoms with Gasteiger partial charge >= 0.3 is 0 Å². The maximum atomic E-state index is 3.68. The van der Waals surface area contributed by atoms with E-state index in [0.29, 0.717) is 0 Å². The topological polar surface area (TPSA) is 15.3 Å². The summed E-state index contributed by atoms with van der Waals surface area (Å²) in [7, 11) is 0. The summed E-state index contributed by atoms with van der Waals surface area (Å²) in [5.41, 5.74) is 0. The van der Waals surface area contributed by atoms with Crippen LogP contribution in [-0.2, 0) is 0 Å². The van der Waals surface area contributed by atoms with Gasteiger partial charge in [0, 0.05) is 0 Å². The second-order valence-corrected chi connectivity index (χ2v) is 7.23. The van der Waals surface area contributed by atoms with Gasteiger partial charge in [0.1, 0.15) is 0 Å². The quantitative estimate of drug-likeness (QED) is 0.710. The third-order valence-corrected chi connectivity index (χ3v) is 5.85. The number of fused-ring (bicyclic) bond motifs is 2. The van der Waals surface area contributed by atoms with Crippen molar-refractivity contribution in [1.82, 2.24) is 10.2 Å². The van der Waals surface area contributed by atoms with Gasteiger partial charge in [0.05, 0.1) is 0 Å². The lowest BCUT2D eigenvalue weighted by molar-refractivity contribution is 0.225. The van der Waals surface area contributed by atoms with Crippen LogP contribution in [0.1, 0.15) is 57.8 Å². The Labute approximate surface area is 119 Å². The Morgan fingerprint density at radius 1 is 0.947 bits per heavy atom. The average molecular weight is 264 g/mol. The van der Waals surface area contributed by atoms with Crippen LogP contribution in [0, 0.1) is 17.8 Å². The van der Waals surface area contributed by atoms with Gasteiger partial charge in [0.2, 0.25) is 0 Å². The van der Waals surface area contributed by atoms with Crippen LogP contribution < -0.4 is 5.32 Å². The van der Waals surface area contributed by atoms with E-state index in [1.54, 1.807) is 25.7 Å². The van der Waals surface area contributed by atoms with Crippen molar-refractivity contribution in [3.63, 3.8) is 0 Å². The number of nitrogens with zero attached hydrogens (tertiary/aromatic N) is 1. The van der Waals surface area contributed by atoms with Gasteiger partial charge in [0.15, 0.2) is 0 Å². The molecule has 0 spiro atoms. The minimum atomic E-state index is 1.08. The van der Waals surface area contributed by atoms with E-state index in [1.165, 1.54) is 64.8 Å². The molecule has 2 bridgehead atoms. The summed E-state index contributed by atoms with van der Waals surface area (Å²) in [5, 5.41) is 3.68. The van der Waals surface area contributed by atoms with Gasteiger partial charge < -0.3 is 10.2 Å². The van der Waals surface area contributed by atoms with Crippen LogP contribution in [0.15, 0.2) is 0 Å². The largest absolute Gasteiger partial charge is 0.317 e. The van der Waals surface area contributed by atoms with Crippen molar-refractivity contribution in [2.75, 3.05) is 32.7 Å². The molecule has 1 saturated heterocycles. The molecule has 2 saturated carbocycles. The molecule has 2 aliphatic carbocycles. The van der Waals surface area contributed by atoms with E-state index in [0.717, 1.165) is 17.8 Å². The third kappa shape index (κ3) is 3.95. The Balaban J connectivity index is 1.18. The first kappa shape index (κ1) is 13.9. The molecule has 0 amide bonds. The molecule has 19 heavy (non-hydrogen) atoms. The fourth-order valence-electron chi connectivity index (χ4n) is 4.75. The van der Waals surface area contributed by atoms with Crippen LogP contribution in [0.2, 0.25) is 0 Å². The van der Waals surface area contributed by atoms with E-state index in [4.69, 9.17) is 0 Å². The number of likely N-dealkylation sites (tertiary alicyclic amines) is 1. The van der Waals surface area contributed by atoms with Crippen LogP contribution >= 0.6 is 0 Å². The highest BCUT2D eigenvalue weighted by atomic mass is 15.1. The van der Waals surface area contributed by atoms with Crippen molar-refractivity contribution in [2.24, 2.45) is 17.8 Å². The van der Waals surface area contributed by atoms with Gasteiger partial charge in [-0.3, -0.25) is 0 Å². The van der Waals surface area contributed by atoms with Crippen molar-refractivity contribution in [3.8, 4) is 0 Å². The standard InChI is InChI=1S/C17H32N2/c1-2-10-19(11-3-1)12-4-8-18-9-7-17-14-15-5-6-16(17)13-15/h15-18H,1-14H2. The summed E-state index contributed by atoms with van der Waals surface area (Å²) >= 11 is 0. The SMILES string of the molecule is C1CCN(CCCNCCC2CC3CCC2C3)CC1. The zero-order valence-corrected chi connectivity index (χ0v) is 12.6. The molecule has 0 aromatic carbocycles. The molecule has 1 aliphatic heterocycles. The second-order valence-electron chi connectivity index (χ2n) is 7.23. The minimum Gasteiger partial charge on any atom is -0.317 e. The second kappa shape index (κ2) is 7.08. The lowest BCUT2D eigenvalue weighted by Crippen LogP contribution is -2.32. The number of rotatable bonds is 7. The summed E-state index contributed by atoms with van der Waals surface area (Å²) in [6.07, 6.45) is 13.3. The number of piperidine rings is 1. The Morgan fingerprint density at radius 3 is 2.58 bits per heavy atom. The molecule has 2 heteroatoms. The smallest absolute Gasteiger partial charge is 0.000664 e. The molecule has 1 N–H and O–H groups in total. The lowest BCUT2D eigenvalue weighted by atomic mass is 9.86. The van der Waals surface area contributed by atoms with Crippen LogP contribution in [-0.4, -0.2) is 37.6 Å². The highest BCUT2D eigenvalue weighted by molar-refractivity contribution is 4.89. The molecule has 3 fully saturated rings. The van der Waals surface area contributed by atoms with E-state index in [-0.39, 0.29) is 0 Å². The Bertz CT molecular complexity index is 260. The molecule has 1 heterocycles. The van der Waals surface area contributed by atoms with Crippen molar-refractivity contribution >= 4 is 0 Å². The van der Waals surface area contributed by atoms with Crippen LogP contribution in [0.4, 0.5) is 0 Å². The molecular weight excluding hydrogens is 232 g/mol. The maximum absolute atomic E-state index is 3.68. The van der Waals surface area contributed by atoms with Crippen LogP contribution in [0.5, 0.6) is 0 Å². The summed E-state index contributed by atoms with van der Waals surface area (Å²) in [6.45, 7) is 6.53. The van der Waals surface area contributed by atoms with Gasteiger partial charge in [-0.1, -0.05) is 12.8 Å². The third-order valence-electron chi connectivity index (χ3n) is 5.85. The van der Waals surface area contributed by atoms with E-state index in [2.05, 4.69) is 10.2 Å². The maximum Gasteiger partial charge on any atom is -0.000664 e. The monoisotopic (exact) mass is 264 g/mol. The van der Waals surface area contributed by atoms with Crippen molar-refractivity contribution in [3.05, 3.63) is 0 Å². The normalized spacial score (nSPS) is 35.1. The molecular formula is C17H32N2. The molecule has 2 nitrogen and oxygen atoms in total. The van der Waals surface area contributed by atoms with Crippen LogP contribution in [0.3, 0.4) is 0 Å². The van der Waals surface area contributed by atoms with Crippen molar-refractivity contribution in [1.29, 1.82) is 0 Å². The Morgan fingerprint density at radius 2 is 1.84 bits per heavy atom. The predicted octanol–water partition coefficient (Wildman–Crippen LogP) is 3.28. The van der Waals surface area contributed by atoms with Gasteiger partial charge in [-0.2, -0.15) is 0 Å². The number of hydrogen-bond donors (Lipinski definition) is 1. The summed E-state index contributed by atoms with van der Waals surface area (Å²) in [5.74, 6) is 3.31.